The first-order chi connectivity index (χ1) is 12.9. The van der Waals surface area contributed by atoms with E-state index in [0.29, 0.717) is 23.6 Å². The number of hydrogen-bond acceptors (Lipinski definition) is 5. The quantitative estimate of drug-likeness (QED) is 0.689. The molecule has 2 heterocycles. The van der Waals surface area contributed by atoms with E-state index in [9.17, 15) is 9.18 Å². The van der Waals surface area contributed by atoms with Gasteiger partial charge in [0.05, 0.1) is 17.8 Å². The highest BCUT2D eigenvalue weighted by Crippen LogP contribution is 2.18. The Morgan fingerprint density at radius 3 is 2.89 bits per heavy atom. The zero-order valence-corrected chi connectivity index (χ0v) is 15.4. The summed E-state index contributed by atoms with van der Waals surface area (Å²) in [6.45, 7) is 6.07. The number of nitrogens with one attached hydrogen (secondary N) is 1. The molecule has 0 aliphatic rings. The van der Waals surface area contributed by atoms with Crippen molar-refractivity contribution < 1.29 is 18.4 Å². The predicted octanol–water partition coefficient (Wildman–Crippen LogP) is 3.02. The first-order valence-corrected chi connectivity index (χ1v) is 8.57. The van der Waals surface area contributed by atoms with Crippen LogP contribution in [0.1, 0.15) is 34.4 Å². The molecular weight excluding hydrogens is 351 g/mol. The van der Waals surface area contributed by atoms with Crippen LogP contribution >= 0.6 is 0 Å². The molecule has 27 heavy (non-hydrogen) atoms. The number of aromatic nitrogens is 3. The van der Waals surface area contributed by atoms with Gasteiger partial charge in [0.2, 0.25) is 0 Å². The summed E-state index contributed by atoms with van der Waals surface area (Å²) in [6, 6.07) is 7.54. The maximum atomic E-state index is 13.3. The van der Waals surface area contributed by atoms with Gasteiger partial charge in [-0.3, -0.25) is 9.48 Å². The van der Waals surface area contributed by atoms with Crippen molar-refractivity contribution in [3.05, 3.63) is 65.1 Å². The lowest BCUT2D eigenvalue weighted by molar-refractivity contribution is 0.0924. The van der Waals surface area contributed by atoms with Crippen molar-refractivity contribution in [2.75, 3.05) is 0 Å². The third-order valence-corrected chi connectivity index (χ3v) is 3.99. The number of amides is 1. The molecule has 0 bridgehead atoms. The molecule has 3 aromatic rings. The second kappa shape index (κ2) is 8.03. The van der Waals surface area contributed by atoms with Crippen LogP contribution in [-0.2, 0) is 13.2 Å². The second-order valence-corrected chi connectivity index (χ2v) is 6.37. The standard InChI is InChI=1S/C19H21FN4O3/c1-12-7-8-24(22-12)10-13(2)21-19(25)18-17(14(3)27-23-18)11-26-16-6-4-5-15(20)9-16/h4-9,13H,10-11H2,1-3H3,(H,21,25). The summed E-state index contributed by atoms with van der Waals surface area (Å²) in [5, 5.41) is 11.0. The fraction of sp³-hybridized carbons (Fsp3) is 0.316. The summed E-state index contributed by atoms with van der Waals surface area (Å²) in [4.78, 5) is 12.6. The molecule has 0 radical (unpaired) electrons. The SMILES string of the molecule is Cc1ccn(CC(C)NC(=O)c2noc(C)c2COc2cccc(F)c2)n1. The molecule has 1 atom stereocenters. The van der Waals surface area contributed by atoms with Crippen molar-refractivity contribution in [2.45, 2.75) is 40.0 Å². The molecule has 3 rings (SSSR count). The first kappa shape index (κ1) is 18.6. The highest BCUT2D eigenvalue weighted by atomic mass is 19.1. The maximum absolute atomic E-state index is 13.3. The van der Waals surface area contributed by atoms with Gasteiger partial charge in [0, 0.05) is 18.3 Å². The highest BCUT2D eigenvalue weighted by molar-refractivity contribution is 5.93. The van der Waals surface area contributed by atoms with Crippen LogP contribution in [0.4, 0.5) is 4.39 Å². The van der Waals surface area contributed by atoms with Crippen molar-refractivity contribution in [1.29, 1.82) is 0 Å². The number of halogens is 1. The van der Waals surface area contributed by atoms with E-state index in [1.807, 2.05) is 26.1 Å². The van der Waals surface area contributed by atoms with E-state index in [2.05, 4.69) is 15.6 Å². The monoisotopic (exact) mass is 372 g/mol. The first-order valence-electron chi connectivity index (χ1n) is 8.57. The van der Waals surface area contributed by atoms with Crippen LogP contribution in [0, 0.1) is 19.7 Å². The van der Waals surface area contributed by atoms with E-state index in [0.717, 1.165) is 5.69 Å². The zero-order valence-electron chi connectivity index (χ0n) is 15.4. The molecule has 8 heteroatoms. The smallest absolute Gasteiger partial charge is 0.274 e. The average Bonchev–Trinajstić information content (AvgIpc) is 3.18. The van der Waals surface area contributed by atoms with Crippen LogP contribution in [0.5, 0.6) is 5.75 Å². The topological polar surface area (TPSA) is 82.2 Å². The molecule has 7 nitrogen and oxygen atoms in total. The Morgan fingerprint density at radius 1 is 1.37 bits per heavy atom. The Kier molecular flexibility index (Phi) is 5.54. The van der Waals surface area contributed by atoms with Gasteiger partial charge in [-0.15, -0.1) is 0 Å². The number of ether oxygens (including phenoxy) is 1. The summed E-state index contributed by atoms with van der Waals surface area (Å²) in [7, 11) is 0. The average molecular weight is 372 g/mol. The maximum Gasteiger partial charge on any atom is 0.274 e. The molecule has 0 aliphatic heterocycles. The number of aryl methyl sites for hydroxylation is 2. The fourth-order valence-electron chi connectivity index (χ4n) is 2.64. The third-order valence-electron chi connectivity index (χ3n) is 3.99. The molecule has 0 aliphatic carbocycles. The Morgan fingerprint density at radius 2 is 2.19 bits per heavy atom. The summed E-state index contributed by atoms with van der Waals surface area (Å²) in [6.07, 6.45) is 1.86. The predicted molar refractivity (Wildman–Crippen MR) is 95.9 cm³/mol. The van der Waals surface area contributed by atoms with E-state index in [4.69, 9.17) is 9.26 Å². The van der Waals surface area contributed by atoms with Gasteiger partial charge in [-0.1, -0.05) is 11.2 Å². The normalized spacial score (nSPS) is 12.0. The molecular formula is C19H21FN4O3. The van der Waals surface area contributed by atoms with Gasteiger partial charge in [-0.05, 0) is 39.0 Å². The second-order valence-electron chi connectivity index (χ2n) is 6.37. The van der Waals surface area contributed by atoms with Crippen molar-refractivity contribution >= 4 is 5.91 Å². The molecule has 0 saturated heterocycles. The number of hydrogen-bond donors (Lipinski definition) is 1. The van der Waals surface area contributed by atoms with Crippen LogP contribution < -0.4 is 10.1 Å². The van der Waals surface area contributed by atoms with Gasteiger partial charge in [-0.25, -0.2) is 4.39 Å². The number of nitrogens with zero attached hydrogens (tertiary/aromatic N) is 3. The van der Waals surface area contributed by atoms with Crippen molar-refractivity contribution in [1.82, 2.24) is 20.3 Å². The number of carbonyl (C=O) groups is 1. The minimum atomic E-state index is -0.393. The minimum absolute atomic E-state index is 0.0499. The third kappa shape index (κ3) is 4.72. The van der Waals surface area contributed by atoms with E-state index >= 15 is 0 Å². The molecule has 2 aromatic heterocycles. The van der Waals surface area contributed by atoms with Gasteiger partial charge in [-0.2, -0.15) is 5.10 Å². The molecule has 0 saturated carbocycles. The van der Waals surface area contributed by atoms with E-state index in [-0.39, 0.29) is 24.2 Å². The van der Waals surface area contributed by atoms with Crippen molar-refractivity contribution in [3.63, 3.8) is 0 Å². The van der Waals surface area contributed by atoms with Crippen LogP contribution in [0.25, 0.3) is 0 Å². The molecule has 0 fully saturated rings. The van der Waals surface area contributed by atoms with E-state index in [1.54, 1.807) is 23.7 Å². The van der Waals surface area contributed by atoms with Crippen LogP contribution in [0.3, 0.4) is 0 Å². The summed E-state index contributed by atoms with van der Waals surface area (Å²) >= 11 is 0. The summed E-state index contributed by atoms with van der Waals surface area (Å²) in [5.41, 5.74) is 1.60. The van der Waals surface area contributed by atoms with Gasteiger partial charge in [0.15, 0.2) is 5.69 Å². The van der Waals surface area contributed by atoms with Gasteiger partial charge in [0.1, 0.15) is 23.9 Å². The van der Waals surface area contributed by atoms with Gasteiger partial charge < -0.3 is 14.6 Å². The molecule has 1 unspecified atom stereocenters. The highest BCUT2D eigenvalue weighted by Gasteiger charge is 2.22. The Balaban J connectivity index is 1.64. The van der Waals surface area contributed by atoms with Gasteiger partial charge in [0.25, 0.3) is 5.91 Å². The lowest BCUT2D eigenvalue weighted by Crippen LogP contribution is -2.36. The van der Waals surface area contributed by atoms with E-state index in [1.165, 1.54) is 12.1 Å². The van der Waals surface area contributed by atoms with Crippen molar-refractivity contribution in [3.8, 4) is 5.75 Å². The van der Waals surface area contributed by atoms with Gasteiger partial charge >= 0.3 is 0 Å². The molecule has 1 amide bonds. The fourth-order valence-corrected chi connectivity index (χ4v) is 2.64. The Bertz CT molecular complexity index is 935. The Labute approximate surface area is 156 Å². The van der Waals surface area contributed by atoms with Crippen LogP contribution in [0.15, 0.2) is 41.1 Å². The number of carbonyl (C=O) groups excluding carboxylic acids is 1. The lowest BCUT2D eigenvalue weighted by atomic mass is 10.2. The number of benzene rings is 1. The summed E-state index contributed by atoms with van der Waals surface area (Å²) < 4.78 is 25.7. The van der Waals surface area contributed by atoms with Crippen LogP contribution in [0.2, 0.25) is 0 Å². The number of rotatable bonds is 7. The largest absolute Gasteiger partial charge is 0.489 e. The summed E-state index contributed by atoms with van der Waals surface area (Å²) in [5.74, 6) is 0.0903. The lowest BCUT2D eigenvalue weighted by Gasteiger charge is -2.13. The molecule has 0 spiro atoms. The Hall–Kier alpha value is -3.16. The zero-order chi connectivity index (χ0) is 19.4. The molecule has 1 aromatic carbocycles. The van der Waals surface area contributed by atoms with E-state index < -0.39 is 5.82 Å². The molecule has 142 valence electrons. The van der Waals surface area contributed by atoms with Crippen molar-refractivity contribution in [2.24, 2.45) is 0 Å². The molecule has 1 N–H and O–H groups in total. The van der Waals surface area contributed by atoms with Crippen LogP contribution in [-0.4, -0.2) is 26.9 Å². The minimum Gasteiger partial charge on any atom is -0.489 e.